The molecule has 0 atom stereocenters. The molecule has 8 heteroatoms. The minimum Gasteiger partial charge on any atom is -0.494 e. The highest BCUT2D eigenvalue weighted by atomic mass is 32.1. The van der Waals surface area contributed by atoms with Crippen molar-refractivity contribution in [3.8, 4) is 16.5 Å². The summed E-state index contributed by atoms with van der Waals surface area (Å²) in [5.41, 5.74) is 4.54. The molecule has 192 valence electrons. The third-order valence-corrected chi connectivity index (χ3v) is 7.44. The monoisotopic (exact) mass is 516 g/mol. The van der Waals surface area contributed by atoms with Crippen LogP contribution in [0.15, 0.2) is 48.5 Å². The van der Waals surface area contributed by atoms with E-state index < -0.39 is 0 Å². The summed E-state index contributed by atoms with van der Waals surface area (Å²) < 4.78 is 11.4. The number of carbonyl (C=O) groups excluding carboxylic acids is 1. The molecule has 0 amide bonds. The minimum atomic E-state index is -0.275. The fourth-order valence-electron chi connectivity index (χ4n) is 4.53. The standard InChI is InChI=1S/C29H32N4O3S/c1-6-35-20-15-22-17(2)12-24(31-25(22)23(16-20)29(3,4)5)26-32-33-28(37-26)30-19-13-21(14-19)36-27(34)18-10-8-7-9-11-18/h7-12,15-16,19,21H,6,13-14H2,1-5H3,(H,30,33)/t19-,21+. The van der Waals surface area contributed by atoms with Crippen LogP contribution in [-0.4, -0.2) is 39.9 Å². The van der Waals surface area contributed by atoms with Gasteiger partial charge in [0.05, 0.1) is 17.7 Å². The highest BCUT2D eigenvalue weighted by Gasteiger charge is 2.33. The molecule has 1 fully saturated rings. The number of nitrogens with one attached hydrogen (secondary N) is 1. The van der Waals surface area contributed by atoms with E-state index in [1.165, 1.54) is 11.3 Å². The maximum Gasteiger partial charge on any atom is 0.338 e. The van der Waals surface area contributed by atoms with Crippen LogP contribution in [0.1, 0.15) is 62.0 Å². The highest BCUT2D eigenvalue weighted by molar-refractivity contribution is 7.18. The molecular weight excluding hydrogens is 484 g/mol. The number of pyridine rings is 1. The molecule has 2 aromatic heterocycles. The smallest absolute Gasteiger partial charge is 0.338 e. The number of fused-ring (bicyclic) bond motifs is 1. The Morgan fingerprint density at radius 2 is 1.86 bits per heavy atom. The van der Waals surface area contributed by atoms with Crippen molar-refractivity contribution in [1.82, 2.24) is 15.2 Å². The van der Waals surface area contributed by atoms with Crippen LogP contribution < -0.4 is 10.1 Å². The number of esters is 1. The Morgan fingerprint density at radius 1 is 1.11 bits per heavy atom. The Hall–Kier alpha value is -3.52. The van der Waals surface area contributed by atoms with Crippen molar-refractivity contribution >= 4 is 33.3 Å². The second-order valence-corrected chi connectivity index (χ2v) is 11.5. The van der Waals surface area contributed by atoms with E-state index in [9.17, 15) is 4.79 Å². The van der Waals surface area contributed by atoms with Gasteiger partial charge < -0.3 is 14.8 Å². The summed E-state index contributed by atoms with van der Waals surface area (Å²) in [7, 11) is 0. The lowest BCUT2D eigenvalue weighted by Crippen LogP contribution is -2.41. The molecule has 0 saturated heterocycles. The molecule has 7 nitrogen and oxygen atoms in total. The van der Waals surface area contributed by atoms with Crippen molar-refractivity contribution in [2.24, 2.45) is 0 Å². The van der Waals surface area contributed by atoms with Crippen LogP contribution in [0, 0.1) is 6.92 Å². The summed E-state index contributed by atoms with van der Waals surface area (Å²) in [6.07, 6.45) is 1.41. The van der Waals surface area contributed by atoms with Crippen LogP contribution in [-0.2, 0) is 10.2 Å². The molecular formula is C29H32N4O3S. The molecule has 0 bridgehead atoms. The van der Waals surface area contributed by atoms with Gasteiger partial charge in [0, 0.05) is 24.3 Å². The van der Waals surface area contributed by atoms with E-state index >= 15 is 0 Å². The van der Waals surface area contributed by atoms with Gasteiger partial charge in [-0.3, -0.25) is 0 Å². The molecule has 0 aliphatic heterocycles. The number of hydrogen-bond acceptors (Lipinski definition) is 8. The lowest BCUT2D eigenvalue weighted by atomic mass is 9.84. The van der Waals surface area contributed by atoms with Gasteiger partial charge in [0.15, 0.2) is 5.01 Å². The summed E-state index contributed by atoms with van der Waals surface area (Å²) in [5.74, 6) is 0.594. The molecule has 1 N–H and O–H groups in total. The van der Waals surface area contributed by atoms with Crippen molar-refractivity contribution in [2.75, 3.05) is 11.9 Å². The van der Waals surface area contributed by atoms with Gasteiger partial charge in [-0.05, 0) is 60.7 Å². The first-order valence-electron chi connectivity index (χ1n) is 12.7. The third-order valence-electron chi connectivity index (χ3n) is 6.56. The third kappa shape index (κ3) is 5.44. The zero-order valence-corrected chi connectivity index (χ0v) is 22.7. The molecule has 2 heterocycles. The van der Waals surface area contributed by atoms with Gasteiger partial charge in [-0.25, -0.2) is 9.78 Å². The largest absolute Gasteiger partial charge is 0.494 e. The summed E-state index contributed by atoms with van der Waals surface area (Å²) in [6.45, 7) is 11.3. The molecule has 0 radical (unpaired) electrons. The summed E-state index contributed by atoms with van der Waals surface area (Å²) in [4.78, 5) is 17.3. The predicted octanol–water partition coefficient (Wildman–Crippen LogP) is 6.56. The Kier molecular flexibility index (Phi) is 6.86. The quantitative estimate of drug-likeness (QED) is 0.278. The van der Waals surface area contributed by atoms with Gasteiger partial charge in [-0.2, -0.15) is 0 Å². The summed E-state index contributed by atoms with van der Waals surface area (Å²) in [5, 5.41) is 14.8. The van der Waals surface area contributed by atoms with Gasteiger partial charge >= 0.3 is 5.97 Å². The Bertz CT molecular complexity index is 1420. The summed E-state index contributed by atoms with van der Waals surface area (Å²) >= 11 is 1.49. The van der Waals surface area contributed by atoms with Crippen molar-refractivity contribution < 1.29 is 14.3 Å². The Labute approximate surface area is 221 Å². The van der Waals surface area contributed by atoms with Crippen LogP contribution >= 0.6 is 11.3 Å². The van der Waals surface area contributed by atoms with Crippen molar-refractivity contribution in [3.63, 3.8) is 0 Å². The van der Waals surface area contributed by atoms with E-state index in [1.807, 2.05) is 25.1 Å². The first-order chi connectivity index (χ1) is 17.7. The van der Waals surface area contributed by atoms with Crippen LogP contribution in [0.2, 0.25) is 0 Å². The van der Waals surface area contributed by atoms with Crippen LogP contribution in [0.4, 0.5) is 5.13 Å². The number of hydrogen-bond donors (Lipinski definition) is 1. The highest BCUT2D eigenvalue weighted by Crippen LogP contribution is 2.37. The number of anilines is 1. The van der Waals surface area contributed by atoms with E-state index in [4.69, 9.17) is 14.5 Å². The molecule has 1 aliphatic carbocycles. The predicted molar refractivity (Wildman–Crippen MR) is 148 cm³/mol. The number of carbonyl (C=O) groups is 1. The first-order valence-corrected chi connectivity index (χ1v) is 13.5. The Morgan fingerprint density at radius 3 is 2.57 bits per heavy atom. The SMILES string of the molecule is CCOc1cc(C(C)(C)C)c2nc(-c3nnc(N[C@H]4C[C@@H](OC(=O)c5ccccc5)C4)s3)cc(C)c2c1. The number of nitrogens with zero attached hydrogens (tertiary/aromatic N) is 3. The van der Waals surface area contributed by atoms with Gasteiger partial charge in [0.2, 0.25) is 5.13 Å². The van der Waals surface area contributed by atoms with Gasteiger partial charge in [0.1, 0.15) is 17.5 Å². The lowest BCUT2D eigenvalue weighted by Gasteiger charge is -2.34. The van der Waals surface area contributed by atoms with Crippen molar-refractivity contribution in [3.05, 3.63) is 65.2 Å². The fourth-order valence-corrected chi connectivity index (χ4v) is 5.31. The number of benzene rings is 2. The van der Waals surface area contributed by atoms with Gasteiger partial charge in [-0.15, -0.1) is 10.2 Å². The number of rotatable bonds is 7. The van der Waals surface area contributed by atoms with Crippen LogP contribution in [0.25, 0.3) is 21.6 Å². The fraction of sp³-hybridized carbons (Fsp3) is 0.379. The van der Waals surface area contributed by atoms with Crippen molar-refractivity contribution in [1.29, 1.82) is 0 Å². The van der Waals surface area contributed by atoms with E-state index in [0.29, 0.717) is 12.2 Å². The zero-order valence-electron chi connectivity index (χ0n) is 21.9. The molecule has 5 rings (SSSR count). The number of ether oxygens (including phenoxy) is 2. The van der Waals surface area contributed by atoms with E-state index in [2.05, 4.69) is 61.4 Å². The topological polar surface area (TPSA) is 86.2 Å². The van der Waals surface area contributed by atoms with E-state index in [1.54, 1.807) is 12.1 Å². The number of aromatic nitrogens is 3. The second-order valence-electron chi connectivity index (χ2n) is 10.5. The van der Waals surface area contributed by atoms with E-state index in [-0.39, 0.29) is 23.5 Å². The molecule has 0 spiro atoms. The Balaban J connectivity index is 1.30. The van der Waals surface area contributed by atoms with E-state index in [0.717, 1.165) is 56.5 Å². The van der Waals surface area contributed by atoms with Crippen LogP contribution in [0.3, 0.4) is 0 Å². The molecule has 1 saturated carbocycles. The molecule has 2 aromatic carbocycles. The average Bonchev–Trinajstić information content (AvgIpc) is 3.31. The second kappa shape index (κ2) is 10.1. The number of aryl methyl sites for hydroxylation is 1. The van der Waals surface area contributed by atoms with Gasteiger partial charge in [0.25, 0.3) is 0 Å². The maximum atomic E-state index is 12.3. The minimum absolute atomic E-state index is 0.0835. The lowest BCUT2D eigenvalue weighted by molar-refractivity contribution is 0.00548. The average molecular weight is 517 g/mol. The molecule has 0 unspecified atom stereocenters. The normalized spacial score (nSPS) is 17.3. The van der Waals surface area contributed by atoms with Crippen molar-refractivity contribution in [2.45, 2.75) is 65.0 Å². The molecule has 4 aromatic rings. The molecule has 37 heavy (non-hydrogen) atoms. The maximum absolute atomic E-state index is 12.3. The zero-order chi connectivity index (χ0) is 26.2. The molecule has 1 aliphatic rings. The summed E-state index contributed by atoms with van der Waals surface area (Å²) in [6, 6.07) is 15.5. The van der Waals surface area contributed by atoms with Crippen LogP contribution in [0.5, 0.6) is 5.75 Å². The van der Waals surface area contributed by atoms with Gasteiger partial charge in [-0.1, -0.05) is 50.3 Å². The first kappa shape index (κ1) is 25.1.